The second-order valence-corrected chi connectivity index (χ2v) is 5.87. The molecular weight excluding hydrogens is 316 g/mol. The molecule has 0 radical (unpaired) electrons. The summed E-state index contributed by atoms with van der Waals surface area (Å²) in [6.45, 7) is 2.48. The van der Waals surface area contributed by atoms with E-state index in [-0.39, 0.29) is 5.78 Å². The van der Waals surface area contributed by atoms with E-state index in [1.165, 1.54) is 0 Å². The molecule has 1 aliphatic carbocycles. The molecular formula is C17H17ClN2O3. The molecule has 0 bridgehead atoms. The summed E-state index contributed by atoms with van der Waals surface area (Å²) < 4.78 is 6.79. The van der Waals surface area contributed by atoms with Crippen LogP contribution >= 0.6 is 11.6 Å². The largest absolute Gasteiger partial charge is 0.461 e. The molecule has 5 nitrogen and oxygen atoms in total. The minimum Gasteiger partial charge on any atom is -0.461 e. The second-order valence-electron chi connectivity index (χ2n) is 5.46. The smallest absolute Gasteiger partial charge is 0.359 e. The van der Waals surface area contributed by atoms with E-state index in [4.69, 9.17) is 16.3 Å². The van der Waals surface area contributed by atoms with E-state index in [0.717, 1.165) is 16.8 Å². The van der Waals surface area contributed by atoms with Crippen molar-refractivity contribution in [3.63, 3.8) is 0 Å². The van der Waals surface area contributed by atoms with Gasteiger partial charge in [-0.2, -0.15) is 5.10 Å². The topological polar surface area (TPSA) is 61.2 Å². The zero-order valence-electron chi connectivity index (χ0n) is 12.8. The van der Waals surface area contributed by atoms with Crippen molar-refractivity contribution in [3.05, 3.63) is 51.8 Å². The number of Topliss-reactive ketones (excluding diaryl/α,β-unsaturated/α-hetero) is 1. The van der Waals surface area contributed by atoms with Gasteiger partial charge < -0.3 is 4.74 Å². The minimum absolute atomic E-state index is 0.160. The summed E-state index contributed by atoms with van der Waals surface area (Å²) in [6.07, 6.45) is 1.27. The zero-order valence-corrected chi connectivity index (χ0v) is 13.6. The van der Waals surface area contributed by atoms with E-state index in [1.807, 2.05) is 24.3 Å². The van der Waals surface area contributed by atoms with Crippen molar-refractivity contribution < 1.29 is 14.3 Å². The third-order valence-corrected chi connectivity index (χ3v) is 4.30. The molecule has 0 spiro atoms. The first kappa shape index (κ1) is 15.7. The summed E-state index contributed by atoms with van der Waals surface area (Å²) >= 11 is 6.21. The molecule has 0 aliphatic heterocycles. The fourth-order valence-corrected chi connectivity index (χ4v) is 3.01. The van der Waals surface area contributed by atoms with E-state index >= 15 is 0 Å². The summed E-state index contributed by atoms with van der Waals surface area (Å²) in [6, 6.07) is 7.47. The van der Waals surface area contributed by atoms with Crippen molar-refractivity contribution in [2.24, 2.45) is 0 Å². The summed E-state index contributed by atoms with van der Waals surface area (Å²) in [7, 11) is 0. The highest BCUT2D eigenvalue weighted by molar-refractivity contribution is 6.31. The van der Waals surface area contributed by atoms with Crippen LogP contribution in [0.3, 0.4) is 0 Å². The van der Waals surface area contributed by atoms with Crippen molar-refractivity contribution in [3.8, 4) is 0 Å². The van der Waals surface area contributed by atoms with Crippen LogP contribution in [0.25, 0.3) is 0 Å². The van der Waals surface area contributed by atoms with E-state index in [9.17, 15) is 9.59 Å². The van der Waals surface area contributed by atoms with E-state index in [0.29, 0.717) is 43.1 Å². The lowest BCUT2D eigenvalue weighted by Crippen LogP contribution is -2.17. The molecule has 1 aliphatic rings. The van der Waals surface area contributed by atoms with Gasteiger partial charge in [0.25, 0.3) is 0 Å². The molecule has 0 saturated carbocycles. The number of rotatable bonds is 4. The number of halogens is 1. The molecule has 1 aromatic heterocycles. The Morgan fingerprint density at radius 1 is 1.35 bits per heavy atom. The fraction of sp³-hybridized carbons (Fsp3) is 0.353. The summed E-state index contributed by atoms with van der Waals surface area (Å²) in [4.78, 5) is 23.9. The van der Waals surface area contributed by atoms with E-state index in [2.05, 4.69) is 5.10 Å². The lowest BCUT2D eigenvalue weighted by atomic mass is 9.94. The Kier molecular flexibility index (Phi) is 4.48. The quantitative estimate of drug-likeness (QED) is 0.808. The lowest BCUT2D eigenvalue weighted by molar-refractivity contribution is -0.118. The fourth-order valence-electron chi connectivity index (χ4n) is 2.82. The maximum Gasteiger partial charge on any atom is 0.359 e. The van der Waals surface area contributed by atoms with Crippen LogP contribution < -0.4 is 0 Å². The SMILES string of the molecule is CCOC(=O)c1nn(Cc2ccccc2Cl)c2c1CCC(=O)C2. The molecule has 0 unspecified atom stereocenters. The van der Waals surface area contributed by atoms with Crippen LogP contribution in [-0.2, 0) is 28.9 Å². The highest BCUT2D eigenvalue weighted by atomic mass is 35.5. The molecule has 2 aromatic rings. The van der Waals surface area contributed by atoms with Gasteiger partial charge in [-0.05, 0) is 25.0 Å². The van der Waals surface area contributed by atoms with Gasteiger partial charge in [0.05, 0.1) is 18.8 Å². The van der Waals surface area contributed by atoms with Crippen LogP contribution in [0.1, 0.15) is 40.7 Å². The van der Waals surface area contributed by atoms with Gasteiger partial charge in [-0.3, -0.25) is 9.48 Å². The number of ketones is 1. The molecule has 120 valence electrons. The molecule has 0 fully saturated rings. The monoisotopic (exact) mass is 332 g/mol. The average Bonchev–Trinajstić information content (AvgIpc) is 2.88. The predicted octanol–water partition coefficient (Wildman–Crippen LogP) is 2.82. The van der Waals surface area contributed by atoms with E-state index < -0.39 is 5.97 Å². The highest BCUT2D eigenvalue weighted by Crippen LogP contribution is 2.25. The number of esters is 1. The Balaban J connectivity index is 2.01. The standard InChI is InChI=1S/C17H17ClN2O3/c1-2-23-17(22)16-13-8-7-12(21)9-15(13)20(19-16)10-11-5-3-4-6-14(11)18/h3-6H,2,7-10H2,1H3. The summed E-state index contributed by atoms with van der Waals surface area (Å²) in [5, 5.41) is 5.05. The first-order chi connectivity index (χ1) is 11.1. The normalized spacial score (nSPS) is 13.7. The Labute approximate surface area is 139 Å². The molecule has 1 heterocycles. The third-order valence-electron chi connectivity index (χ3n) is 3.93. The first-order valence-corrected chi connectivity index (χ1v) is 7.98. The maximum atomic E-state index is 12.1. The Hall–Kier alpha value is -2.14. The first-order valence-electron chi connectivity index (χ1n) is 7.61. The average molecular weight is 333 g/mol. The van der Waals surface area contributed by atoms with Crippen LogP contribution in [0, 0.1) is 0 Å². The van der Waals surface area contributed by atoms with Gasteiger partial charge in [0.2, 0.25) is 0 Å². The number of carbonyl (C=O) groups is 2. The molecule has 0 atom stereocenters. The molecule has 23 heavy (non-hydrogen) atoms. The van der Waals surface area contributed by atoms with Crippen molar-refractivity contribution in [2.45, 2.75) is 32.7 Å². The molecule has 0 saturated heterocycles. The van der Waals surface area contributed by atoms with Gasteiger partial charge >= 0.3 is 5.97 Å². The lowest BCUT2D eigenvalue weighted by Gasteiger charge is -2.14. The van der Waals surface area contributed by atoms with Crippen LogP contribution in [0.5, 0.6) is 0 Å². The van der Waals surface area contributed by atoms with Crippen molar-refractivity contribution >= 4 is 23.4 Å². The van der Waals surface area contributed by atoms with Crippen LogP contribution in [0.4, 0.5) is 0 Å². The van der Waals surface area contributed by atoms with Gasteiger partial charge in [0.15, 0.2) is 5.69 Å². The number of carbonyl (C=O) groups excluding carboxylic acids is 2. The molecule has 3 rings (SSSR count). The van der Waals surface area contributed by atoms with Crippen LogP contribution in [0.2, 0.25) is 5.02 Å². The second kappa shape index (κ2) is 6.54. The van der Waals surface area contributed by atoms with Gasteiger partial charge in [-0.25, -0.2) is 4.79 Å². The number of benzene rings is 1. The number of hydrogen-bond donors (Lipinski definition) is 0. The predicted molar refractivity (Wildman–Crippen MR) is 85.8 cm³/mol. The number of ether oxygens (including phenoxy) is 1. The molecule has 0 N–H and O–H groups in total. The van der Waals surface area contributed by atoms with Gasteiger partial charge in [0, 0.05) is 23.4 Å². The van der Waals surface area contributed by atoms with Crippen molar-refractivity contribution in [1.29, 1.82) is 0 Å². The number of fused-ring (bicyclic) bond motifs is 1. The Bertz CT molecular complexity index is 767. The van der Waals surface area contributed by atoms with Gasteiger partial charge in [-0.15, -0.1) is 0 Å². The number of nitrogens with zero attached hydrogens (tertiary/aromatic N) is 2. The number of hydrogen-bond acceptors (Lipinski definition) is 4. The molecule has 6 heteroatoms. The van der Waals surface area contributed by atoms with Crippen molar-refractivity contribution in [1.82, 2.24) is 9.78 Å². The molecule has 1 aromatic carbocycles. The van der Waals surface area contributed by atoms with Gasteiger partial charge in [-0.1, -0.05) is 29.8 Å². The van der Waals surface area contributed by atoms with Crippen LogP contribution in [0.15, 0.2) is 24.3 Å². The Morgan fingerprint density at radius 2 is 2.13 bits per heavy atom. The Morgan fingerprint density at radius 3 is 2.87 bits per heavy atom. The number of aromatic nitrogens is 2. The highest BCUT2D eigenvalue weighted by Gasteiger charge is 2.28. The zero-order chi connectivity index (χ0) is 16.4. The maximum absolute atomic E-state index is 12.1. The van der Waals surface area contributed by atoms with Crippen molar-refractivity contribution in [2.75, 3.05) is 6.61 Å². The summed E-state index contributed by atoms with van der Waals surface area (Å²) in [5.74, 6) is -0.274. The van der Waals surface area contributed by atoms with Crippen LogP contribution in [-0.4, -0.2) is 28.1 Å². The molecule has 0 amide bonds. The van der Waals surface area contributed by atoms with Gasteiger partial charge in [0.1, 0.15) is 5.78 Å². The summed E-state index contributed by atoms with van der Waals surface area (Å²) in [5.41, 5.74) is 2.84. The minimum atomic E-state index is -0.434. The van der Waals surface area contributed by atoms with E-state index in [1.54, 1.807) is 11.6 Å². The third kappa shape index (κ3) is 3.15.